The van der Waals surface area contributed by atoms with Crippen LogP contribution < -0.4 is 4.74 Å². The fraction of sp³-hybridized carbons (Fsp3) is 0.231. The fourth-order valence-electron chi connectivity index (χ4n) is 2.01. The molecule has 11 heteroatoms. The molecule has 0 fully saturated rings. The minimum atomic E-state index is -4.91. The van der Waals surface area contributed by atoms with Crippen LogP contribution in [0.1, 0.15) is 11.1 Å². The van der Waals surface area contributed by atoms with Gasteiger partial charge in [-0.2, -0.15) is 26.3 Å². The Labute approximate surface area is 134 Å². The maximum absolute atomic E-state index is 12.9. The zero-order valence-electron chi connectivity index (χ0n) is 11.7. The molecule has 0 spiro atoms. The Morgan fingerprint density at radius 2 is 1.58 bits per heavy atom. The lowest BCUT2D eigenvalue weighted by Gasteiger charge is -2.13. The van der Waals surface area contributed by atoms with Gasteiger partial charge in [-0.25, -0.2) is 9.50 Å². The van der Waals surface area contributed by atoms with Gasteiger partial charge in [0.05, 0.1) is 30.1 Å². The number of rotatable bonds is 2. The molecule has 0 N–H and O–H groups in total. The molecule has 4 nitrogen and oxygen atoms in total. The summed E-state index contributed by atoms with van der Waals surface area (Å²) in [7, 11) is 1.38. The van der Waals surface area contributed by atoms with Gasteiger partial charge in [-0.3, -0.25) is 0 Å². The molecule has 0 unspecified atom stereocenters. The normalized spacial score (nSPS) is 12.8. The van der Waals surface area contributed by atoms with Crippen LogP contribution in [0.15, 0.2) is 24.4 Å². The van der Waals surface area contributed by atoms with Crippen molar-refractivity contribution in [3.8, 4) is 16.5 Å². The smallest absolute Gasteiger partial charge is 0.416 e. The Morgan fingerprint density at radius 3 is 2.04 bits per heavy atom. The monoisotopic (exact) mass is 367 g/mol. The summed E-state index contributed by atoms with van der Waals surface area (Å²) in [4.78, 5) is 4.29. The molecule has 0 atom stereocenters. The standard InChI is InChI=1S/C13H7F6N3OS/c1-23-11-21-22-5-9(20-10(22)24-11)6-2-7(12(14,15)16)4-8(3-6)13(17,18)19/h2-5H,1H3. The summed E-state index contributed by atoms with van der Waals surface area (Å²) >= 11 is 1.01. The van der Waals surface area contributed by atoms with E-state index in [4.69, 9.17) is 4.74 Å². The molecule has 0 saturated carbocycles. The van der Waals surface area contributed by atoms with Gasteiger partial charge in [0.15, 0.2) is 0 Å². The first kappa shape index (κ1) is 16.6. The number of aromatic nitrogens is 3. The van der Waals surface area contributed by atoms with Gasteiger partial charge in [-0.1, -0.05) is 0 Å². The molecule has 0 aliphatic carbocycles. The molecule has 3 aromatic rings. The molecular weight excluding hydrogens is 360 g/mol. The van der Waals surface area contributed by atoms with E-state index >= 15 is 0 Å². The Bertz CT molecular complexity index is 832. The van der Waals surface area contributed by atoms with Crippen molar-refractivity contribution in [3.63, 3.8) is 0 Å². The molecule has 2 aromatic heterocycles. The number of hydrogen-bond acceptors (Lipinski definition) is 4. The predicted octanol–water partition coefficient (Wildman–Crippen LogP) is 4.50. The summed E-state index contributed by atoms with van der Waals surface area (Å²) in [5, 5.41) is 4.19. The van der Waals surface area contributed by atoms with Crippen LogP contribution in [0.4, 0.5) is 26.3 Å². The summed E-state index contributed by atoms with van der Waals surface area (Å²) in [6.07, 6.45) is -8.58. The molecule has 0 bridgehead atoms. The van der Waals surface area contributed by atoms with E-state index in [0.29, 0.717) is 12.1 Å². The average molecular weight is 367 g/mol. The SMILES string of the molecule is COc1nn2cc(-c3cc(C(F)(F)F)cc(C(F)(F)F)c3)nc2s1. The third-order valence-electron chi connectivity index (χ3n) is 3.08. The number of fused-ring (bicyclic) bond motifs is 1. The van der Waals surface area contributed by atoms with Crippen molar-refractivity contribution in [1.29, 1.82) is 0 Å². The van der Waals surface area contributed by atoms with Crippen LogP contribution in [0.2, 0.25) is 0 Å². The molecule has 2 heterocycles. The van der Waals surface area contributed by atoms with Crippen molar-refractivity contribution in [2.45, 2.75) is 12.4 Å². The highest BCUT2D eigenvalue weighted by molar-refractivity contribution is 7.18. The molecule has 0 aliphatic heterocycles. The van der Waals surface area contributed by atoms with Crippen molar-refractivity contribution < 1.29 is 31.1 Å². The Balaban J connectivity index is 2.15. The topological polar surface area (TPSA) is 39.4 Å². The molecular formula is C13H7F6N3OS. The molecule has 3 rings (SSSR count). The Hall–Kier alpha value is -2.30. The summed E-state index contributed by atoms with van der Waals surface area (Å²) in [6.45, 7) is 0. The highest BCUT2D eigenvalue weighted by Gasteiger charge is 2.37. The van der Waals surface area contributed by atoms with Crippen LogP contribution in [0.25, 0.3) is 16.2 Å². The fourth-order valence-corrected chi connectivity index (χ4v) is 2.71. The lowest BCUT2D eigenvalue weighted by molar-refractivity contribution is -0.143. The summed E-state index contributed by atoms with van der Waals surface area (Å²) in [6, 6.07) is 1.32. The second-order valence-corrected chi connectivity index (χ2v) is 5.64. The highest BCUT2D eigenvalue weighted by Crippen LogP contribution is 2.38. The van der Waals surface area contributed by atoms with Crippen LogP contribution >= 0.6 is 11.3 Å². The maximum Gasteiger partial charge on any atom is 0.416 e. The predicted molar refractivity (Wildman–Crippen MR) is 72.9 cm³/mol. The van der Waals surface area contributed by atoms with Gasteiger partial charge in [-0.15, -0.1) is 5.10 Å². The van der Waals surface area contributed by atoms with Gasteiger partial charge < -0.3 is 4.74 Å². The van der Waals surface area contributed by atoms with E-state index in [1.54, 1.807) is 0 Å². The number of halogens is 6. The largest absolute Gasteiger partial charge is 0.472 e. The van der Waals surface area contributed by atoms with Crippen LogP contribution in [0, 0.1) is 0 Å². The van der Waals surface area contributed by atoms with Crippen molar-refractivity contribution in [2.75, 3.05) is 7.11 Å². The number of nitrogens with zero attached hydrogens (tertiary/aromatic N) is 3. The molecule has 0 amide bonds. The van der Waals surface area contributed by atoms with E-state index in [1.165, 1.54) is 17.8 Å². The van der Waals surface area contributed by atoms with E-state index in [9.17, 15) is 26.3 Å². The van der Waals surface area contributed by atoms with Crippen LogP contribution in [0.3, 0.4) is 0 Å². The van der Waals surface area contributed by atoms with E-state index in [2.05, 4.69) is 10.1 Å². The average Bonchev–Trinajstić information content (AvgIpc) is 3.02. The zero-order valence-corrected chi connectivity index (χ0v) is 12.6. The van der Waals surface area contributed by atoms with Gasteiger partial charge in [0.25, 0.3) is 5.19 Å². The first-order chi connectivity index (χ1) is 11.1. The van der Waals surface area contributed by atoms with Crippen molar-refractivity contribution in [1.82, 2.24) is 14.6 Å². The minimum absolute atomic E-state index is 0.0481. The molecule has 0 saturated heterocycles. The first-order valence-corrected chi connectivity index (χ1v) is 7.09. The lowest BCUT2D eigenvalue weighted by Crippen LogP contribution is -2.11. The van der Waals surface area contributed by atoms with Crippen molar-refractivity contribution >= 4 is 16.3 Å². The third kappa shape index (κ3) is 3.03. The zero-order chi connectivity index (χ0) is 17.7. The van der Waals surface area contributed by atoms with Crippen LogP contribution in [-0.2, 0) is 12.4 Å². The van der Waals surface area contributed by atoms with E-state index in [-0.39, 0.29) is 27.5 Å². The second kappa shape index (κ2) is 5.36. The summed E-state index contributed by atoms with van der Waals surface area (Å²) in [5.41, 5.74) is -3.13. The third-order valence-corrected chi connectivity index (χ3v) is 3.97. The Morgan fingerprint density at radius 1 is 1.00 bits per heavy atom. The molecule has 128 valence electrons. The second-order valence-electron chi connectivity index (χ2n) is 4.72. The first-order valence-electron chi connectivity index (χ1n) is 6.28. The summed E-state index contributed by atoms with van der Waals surface area (Å²) in [5.74, 6) is 0. The summed E-state index contributed by atoms with van der Waals surface area (Å²) < 4.78 is 83.4. The van der Waals surface area contributed by atoms with E-state index in [0.717, 1.165) is 11.3 Å². The number of imidazole rings is 1. The van der Waals surface area contributed by atoms with Gasteiger partial charge >= 0.3 is 12.4 Å². The van der Waals surface area contributed by atoms with Crippen molar-refractivity contribution in [2.24, 2.45) is 0 Å². The van der Waals surface area contributed by atoms with E-state index in [1.807, 2.05) is 0 Å². The number of hydrogen-bond donors (Lipinski definition) is 0. The van der Waals surface area contributed by atoms with Gasteiger partial charge in [0.1, 0.15) is 0 Å². The van der Waals surface area contributed by atoms with Gasteiger partial charge in [0, 0.05) is 5.56 Å². The number of methoxy groups -OCH3 is 1. The maximum atomic E-state index is 12.9. The van der Waals surface area contributed by atoms with Gasteiger partial charge in [-0.05, 0) is 29.5 Å². The molecule has 0 aliphatic rings. The number of alkyl halides is 6. The quantitative estimate of drug-likeness (QED) is 0.626. The van der Waals surface area contributed by atoms with Gasteiger partial charge in [0.2, 0.25) is 4.96 Å². The number of benzene rings is 1. The molecule has 24 heavy (non-hydrogen) atoms. The van der Waals surface area contributed by atoms with E-state index < -0.39 is 23.5 Å². The Kier molecular flexibility index (Phi) is 3.70. The lowest BCUT2D eigenvalue weighted by atomic mass is 10.0. The highest BCUT2D eigenvalue weighted by atomic mass is 32.1. The van der Waals surface area contributed by atoms with Crippen molar-refractivity contribution in [3.05, 3.63) is 35.5 Å². The molecule has 0 radical (unpaired) electrons. The van der Waals surface area contributed by atoms with Crippen LogP contribution in [0.5, 0.6) is 5.19 Å². The van der Waals surface area contributed by atoms with Crippen LogP contribution in [-0.4, -0.2) is 21.7 Å². The number of ether oxygens (including phenoxy) is 1. The molecule has 1 aromatic carbocycles. The minimum Gasteiger partial charge on any atom is -0.472 e.